The van der Waals surface area contributed by atoms with E-state index in [-0.39, 0.29) is 11.8 Å². The zero-order chi connectivity index (χ0) is 27.7. The van der Waals surface area contributed by atoms with Crippen LogP contribution in [-0.2, 0) is 19.1 Å². The summed E-state index contributed by atoms with van der Waals surface area (Å²) < 4.78 is 4.44. The molecule has 208 valence electrons. The number of rotatable bonds is 20. The number of ether oxygens (including phenoxy) is 1. The molecule has 0 aromatic carbocycles. The lowest BCUT2D eigenvalue weighted by Gasteiger charge is -2.04. The van der Waals surface area contributed by atoms with Crippen molar-refractivity contribution in [3.63, 3.8) is 0 Å². The molecule has 2 atom stereocenters. The van der Waals surface area contributed by atoms with Crippen molar-refractivity contribution in [3.8, 4) is 0 Å². The second kappa shape index (κ2) is 22.8. The fourth-order valence-corrected chi connectivity index (χ4v) is 3.50. The minimum absolute atomic E-state index is 0.0558. The normalized spacial score (nSPS) is 17.7. The van der Waals surface area contributed by atoms with Gasteiger partial charge in [-0.05, 0) is 63.2 Å². The van der Waals surface area contributed by atoms with E-state index in [0.29, 0.717) is 31.3 Å². The fourth-order valence-electron chi connectivity index (χ4n) is 3.50. The highest BCUT2D eigenvalue weighted by atomic mass is 16.5. The minimum atomic E-state index is -0.559. The Morgan fingerprint density at radius 3 is 1.66 bits per heavy atom. The monoisotopic (exact) mass is 522 g/mol. The van der Waals surface area contributed by atoms with Crippen LogP contribution in [0, 0.1) is 11.8 Å². The van der Waals surface area contributed by atoms with Crippen molar-refractivity contribution in [1.82, 2.24) is 10.6 Å². The molecule has 0 bridgehead atoms. The lowest BCUT2D eigenvalue weighted by Crippen LogP contribution is -2.28. The second-order valence-electron chi connectivity index (χ2n) is 9.12. The standard InChI is InChI=1S/C32H46N2O4/c1-3-4-5-6-7-8-9-10-11-12-13-14-15-16-17-18-19-20-21-22-30(35)33-26-28-25-29(28)27-34-31(36)23-24-32(37)38-2/h4-5,7-8,10-11,13-14,16-17,19-20,23-24,28-29H,3,6,9,12,15,18,21-22,25-27H2,1-2H3,(H,33,35)(H,34,36)/b5-4-,8-7-,11-10-,14-13-,17-16-,20-19-,24-23?. The zero-order valence-corrected chi connectivity index (χ0v) is 23.1. The molecule has 0 aliphatic heterocycles. The van der Waals surface area contributed by atoms with Crippen LogP contribution in [0.3, 0.4) is 0 Å². The largest absolute Gasteiger partial charge is 0.466 e. The molecule has 0 radical (unpaired) electrons. The SMILES string of the molecule is CC/C=C\C/C=C\C/C=C\C/C=C\C/C=C\C/C=C\CCC(=O)NCC1CC1CNC(=O)C=CC(=O)OC. The van der Waals surface area contributed by atoms with E-state index in [0.717, 1.165) is 57.4 Å². The molecular weight excluding hydrogens is 476 g/mol. The maximum absolute atomic E-state index is 12.0. The summed E-state index contributed by atoms with van der Waals surface area (Å²) in [4.78, 5) is 34.6. The van der Waals surface area contributed by atoms with Crippen LogP contribution in [0.5, 0.6) is 0 Å². The third-order valence-corrected chi connectivity index (χ3v) is 5.88. The van der Waals surface area contributed by atoms with Crippen LogP contribution < -0.4 is 10.6 Å². The number of carbonyl (C=O) groups excluding carboxylic acids is 3. The van der Waals surface area contributed by atoms with Crippen molar-refractivity contribution >= 4 is 17.8 Å². The number of amides is 2. The number of hydrogen-bond acceptors (Lipinski definition) is 4. The first-order valence-electron chi connectivity index (χ1n) is 13.8. The van der Waals surface area contributed by atoms with E-state index in [1.54, 1.807) is 0 Å². The molecule has 0 aromatic heterocycles. The molecule has 2 N–H and O–H groups in total. The predicted molar refractivity (Wildman–Crippen MR) is 156 cm³/mol. The summed E-state index contributed by atoms with van der Waals surface area (Å²) in [5.74, 6) is -0.0540. The van der Waals surface area contributed by atoms with Crippen LogP contribution in [0.1, 0.15) is 64.7 Å². The summed E-state index contributed by atoms with van der Waals surface area (Å²) in [6, 6.07) is 0. The molecule has 1 rings (SSSR count). The molecular formula is C32H46N2O4. The third-order valence-electron chi connectivity index (χ3n) is 5.88. The maximum atomic E-state index is 12.0. The number of carbonyl (C=O) groups is 3. The topological polar surface area (TPSA) is 84.5 Å². The summed E-state index contributed by atoms with van der Waals surface area (Å²) in [7, 11) is 1.26. The number of hydrogen-bond donors (Lipinski definition) is 2. The molecule has 0 aromatic rings. The van der Waals surface area contributed by atoms with Gasteiger partial charge in [0.2, 0.25) is 11.8 Å². The highest BCUT2D eigenvalue weighted by Gasteiger charge is 2.36. The Kier molecular flexibility index (Phi) is 19.5. The molecule has 0 spiro atoms. The first-order valence-corrected chi connectivity index (χ1v) is 13.8. The van der Waals surface area contributed by atoms with Crippen molar-refractivity contribution in [1.29, 1.82) is 0 Å². The Bertz CT molecular complexity index is 893. The smallest absolute Gasteiger partial charge is 0.330 e. The van der Waals surface area contributed by atoms with Crippen LogP contribution >= 0.6 is 0 Å². The van der Waals surface area contributed by atoms with Gasteiger partial charge in [-0.3, -0.25) is 9.59 Å². The molecule has 1 fully saturated rings. The van der Waals surface area contributed by atoms with Crippen LogP contribution in [0.2, 0.25) is 0 Å². The molecule has 6 heteroatoms. The molecule has 1 saturated carbocycles. The van der Waals surface area contributed by atoms with Crippen LogP contribution in [0.15, 0.2) is 85.1 Å². The van der Waals surface area contributed by atoms with Crippen molar-refractivity contribution in [2.45, 2.75) is 64.7 Å². The predicted octanol–water partition coefficient (Wildman–Crippen LogP) is 6.06. The number of allylic oxidation sites excluding steroid dienone is 12. The Morgan fingerprint density at radius 1 is 0.684 bits per heavy atom. The summed E-state index contributed by atoms with van der Waals surface area (Å²) in [5, 5.41) is 5.74. The van der Waals surface area contributed by atoms with Gasteiger partial charge in [0, 0.05) is 31.7 Å². The van der Waals surface area contributed by atoms with Gasteiger partial charge in [0.25, 0.3) is 0 Å². The van der Waals surface area contributed by atoms with Gasteiger partial charge in [0.15, 0.2) is 0 Å². The molecule has 0 saturated heterocycles. The van der Waals surface area contributed by atoms with Crippen molar-refractivity contribution < 1.29 is 19.1 Å². The van der Waals surface area contributed by atoms with Gasteiger partial charge >= 0.3 is 5.97 Å². The fraction of sp³-hybridized carbons (Fsp3) is 0.469. The van der Waals surface area contributed by atoms with Gasteiger partial charge in [-0.15, -0.1) is 0 Å². The van der Waals surface area contributed by atoms with E-state index in [1.165, 1.54) is 13.2 Å². The second-order valence-corrected chi connectivity index (χ2v) is 9.12. The van der Waals surface area contributed by atoms with Gasteiger partial charge in [0.05, 0.1) is 7.11 Å². The number of methoxy groups -OCH3 is 1. The third kappa shape index (κ3) is 19.7. The molecule has 1 aliphatic carbocycles. The molecule has 0 heterocycles. The van der Waals surface area contributed by atoms with Gasteiger partial charge in [-0.2, -0.15) is 0 Å². The van der Waals surface area contributed by atoms with Crippen molar-refractivity contribution in [2.24, 2.45) is 11.8 Å². The van der Waals surface area contributed by atoms with Gasteiger partial charge < -0.3 is 15.4 Å². The zero-order valence-electron chi connectivity index (χ0n) is 23.1. The summed E-state index contributed by atoms with van der Waals surface area (Å²) in [6.45, 7) is 3.33. The summed E-state index contributed by atoms with van der Waals surface area (Å²) in [5.41, 5.74) is 0. The molecule has 38 heavy (non-hydrogen) atoms. The van der Waals surface area contributed by atoms with E-state index in [1.807, 2.05) is 0 Å². The van der Waals surface area contributed by atoms with Gasteiger partial charge in [-0.25, -0.2) is 4.79 Å². The van der Waals surface area contributed by atoms with Crippen LogP contribution in [0.4, 0.5) is 0 Å². The van der Waals surface area contributed by atoms with E-state index < -0.39 is 5.97 Å². The van der Waals surface area contributed by atoms with E-state index in [2.05, 4.69) is 95.2 Å². The summed E-state index contributed by atoms with van der Waals surface area (Å²) >= 11 is 0. The lowest BCUT2D eigenvalue weighted by molar-refractivity contribution is -0.135. The molecule has 2 unspecified atom stereocenters. The lowest BCUT2D eigenvalue weighted by atomic mass is 10.2. The number of esters is 1. The van der Waals surface area contributed by atoms with E-state index in [4.69, 9.17) is 0 Å². The molecule has 1 aliphatic rings. The Balaban J connectivity index is 1.97. The van der Waals surface area contributed by atoms with Crippen LogP contribution in [0.25, 0.3) is 0 Å². The Labute approximate surface area is 229 Å². The Hall–Kier alpha value is -3.41. The van der Waals surface area contributed by atoms with Crippen LogP contribution in [-0.4, -0.2) is 38.0 Å². The van der Waals surface area contributed by atoms with E-state index in [9.17, 15) is 14.4 Å². The van der Waals surface area contributed by atoms with Gasteiger partial charge in [0.1, 0.15) is 0 Å². The summed E-state index contributed by atoms with van der Waals surface area (Å²) in [6.07, 6.45) is 36.3. The maximum Gasteiger partial charge on any atom is 0.330 e. The molecule has 2 amide bonds. The quantitative estimate of drug-likeness (QED) is 0.116. The molecule has 6 nitrogen and oxygen atoms in total. The van der Waals surface area contributed by atoms with Gasteiger partial charge in [-0.1, -0.05) is 79.8 Å². The number of nitrogens with one attached hydrogen (secondary N) is 2. The average molecular weight is 523 g/mol. The average Bonchev–Trinajstić information content (AvgIpc) is 3.69. The first-order chi connectivity index (χ1) is 18.6. The highest BCUT2D eigenvalue weighted by molar-refractivity contribution is 5.94. The Morgan fingerprint density at radius 2 is 1.16 bits per heavy atom. The van der Waals surface area contributed by atoms with Crippen molar-refractivity contribution in [3.05, 3.63) is 85.1 Å². The first kappa shape index (κ1) is 32.6. The van der Waals surface area contributed by atoms with Crippen molar-refractivity contribution in [2.75, 3.05) is 20.2 Å². The minimum Gasteiger partial charge on any atom is -0.466 e. The highest BCUT2D eigenvalue weighted by Crippen LogP contribution is 2.37. The van der Waals surface area contributed by atoms with E-state index >= 15 is 0 Å².